The molecule has 1 fully saturated rings. The number of nitrogens with zero attached hydrogens (tertiary/aromatic N) is 3. The molecule has 34 heavy (non-hydrogen) atoms. The van der Waals surface area contributed by atoms with E-state index in [2.05, 4.69) is 51.6 Å². The molecule has 1 aromatic carbocycles. The van der Waals surface area contributed by atoms with Crippen LogP contribution in [0.25, 0.3) is 0 Å². The Hall–Kier alpha value is -3.10. The first kappa shape index (κ1) is 24.0. The maximum atomic E-state index is 12.1. The molecule has 3 aromatic rings. The van der Waals surface area contributed by atoms with E-state index in [4.69, 9.17) is 16.3 Å². The second-order valence-electron chi connectivity index (χ2n) is 8.82. The number of aromatic nitrogens is 3. The molecule has 1 aliphatic heterocycles. The summed E-state index contributed by atoms with van der Waals surface area (Å²) in [6.45, 7) is 7.88. The monoisotopic (exact) mass is 482 g/mol. The lowest BCUT2D eigenvalue weighted by molar-refractivity contribution is -0.136. The minimum atomic E-state index is 0.0665. The van der Waals surface area contributed by atoms with E-state index >= 15 is 0 Å². The number of carbonyl (C=O) groups is 1. The lowest BCUT2D eigenvalue weighted by atomic mass is 9.85. The van der Waals surface area contributed by atoms with Crippen LogP contribution in [0.5, 0.6) is 0 Å². The normalized spacial score (nSPS) is 14.3. The van der Waals surface area contributed by atoms with Crippen LogP contribution in [0.15, 0.2) is 30.6 Å². The van der Waals surface area contributed by atoms with Crippen molar-refractivity contribution in [2.45, 2.75) is 39.5 Å². The third kappa shape index (κ3) is 5.51. The number of aromatic amines is 1. The van der Waals surface area contributed by atoms with Gasteiger partial charge >= 0.3 is 0 Å². The summed E-state index contributed by atoms with van der Waals surface area (Å²) < 4.78 is 4.99. The van der Waals surface area contributed by atoms with Gasteiger partial charge in [-0.1, -0.05) is 17.7 Å². The van der Waals surface area contributed by atoms with E-state index in [1.165, 1.54) is 11.1 Å². The molecule has 180 valence electrons. The summed E-state index contributed by atoms with van der Waals surface area (Å²) in [7, 11) is 1.56. The van der Waals surface area contributed by atoms with Crippen LogP contribution in [0.2, 0.25) is 5.02 Å². The molecule has 0 radical (unpaired) electrons. The van der Waals surface area contributed by atoms with Crippen LogP contribution in [0.1, 0.15) is 41.1 Å². The molecule has 1 saturated heterocycles. The van der Waals surface area contributed by atoms with Gasteiger partial charge in [0.2, 0.25) is 11.9 Å². The van der Waals surface area contributed by atoms with Gasteiger partial charge in [-0.05, 0) is 68.4 Å². The summed E-state index contributed by atoms with van der Waals surface area (Å²) in [6.07, 6.45) is 5.37. The smallest absolute Gasteiger partial charge is 0.248 e. The lowest BCUT2D eigenvalue weighted by Crippen LogP contribution is -2.39. The van der Waals surface area contributed by atoms with Gasteiger partial charge in [0.15, 0.2) is 5.82 Å². The number of hydrogen-bond donors (Lipinski definition) is 3. The van der Waals surface area contributed by atoms with E-state index in [9.17, 15) is 4.79 Å². The number of carbonyl (C=O) groups excluding carboxylic acids is 1. The van der Waals surface area contributed by atoms with E-state index in [-0.39, 0.29) is 12.5 Å². The van der Waals surface area contributed by atoms with Crippen molar-refractivity contribution < 1.29 is 9.53 Å². The van der Waals surface area contributed by atoms with Crippen molar-refractivity contribution in [3.8, 4) is 0 Å². The molecular formula is C25H31ClN6O2. The fourth-order valence-electron chi connectivity index (χ4n) is 4.42. The second kappa shape index (κ2) is 10.4. The van der Waals surface area contributed by atoms with Gasteiger partial charge in [-0.3, -0.25) is 4.79 Å². The quantitative estimate of drug-likeness (QED) is 0.427. The Kier molecular flexibility index (Phi) is 7.38. The Morgan fingerprint density at radius 3 is 2.62 bits per heavy atom. The standard InChI is InChI=1S/C25H31ClN6O2/c1-15-10-22(16(2)9-20(15)18-5-7-32(8-6-18)23(33)14-34-4)30-25-28-13-21(26)24(31-25)29-19-11-17(3)27-12-19/h9-13,18,27H,5-8,14H2,1-4H3,(H2,28,29,30,31). The number of piperidine rings is 1. The van der Waals surface area contributed by atoms with E-state index < -0.39 is 0 Å². The van der Waals surface area contributed by atoms with Crippen LogP contribution in [0, 0.1) is 20.8 Å². The fourth-order valence-corrected chi connectivity index (χ4v) is 4.56. The third-order valence-corrected chi connectivity index (χ3v) is 6.53. The number of methoxy groups -OCH3 is 1. The zero-order valence-corrected chi connectivity index (χ0v) is 20.8. The second-order valence-corrected chi connectivity index (χ2v) is 9.23. The maximum Gasteiger partial charge on any atom is 0.248 e. The Labute approximate surface area is 205 Å². The first-order valence-electron chi connectivity index (χ1n) is 11.4. The van der Waals surface area contributed by atoms with Gasteiger partial charge in [-0.2, -0.15) is 4.98 Å². The number of nitrogens with one attached hydrogen (secondary N) is 3. The molecule has 8 nitrogen and oxygen atoms in total. The largest absolute Gasteiger partial charge is 0.375 e. The molecule has 0 unspecified atom stereocenters. The molecule has 0 atom stereocenters. The molecule has 0 bridgehead atoms. The van der Waals surface area contributed by atoms with Crippen molar-refractivity contribution in [2.75, 3.05) is 37.4 Å². The van der Waals surface area contributed by atoms with E-state index in [0.717, 1.165) is 48.6 Å². The summed E-state index contributed by atoms with van der Waals surface area (Å²) in [6, 6.07) is 6.37. The number of rotatable bonds is 7. The molecule has 3 N–H and O–H groups in total. The maximum absolute atomic E-state index is 12.1. The minimum absolute atomic E-state index is 0.0665. The van der Waals surface area contributed by atoms with E-state index in [1.54, 1.807) is 13.3 Å². The Morgan fingerprint density at radius 2 is 1.94 bits per heavy atom. The number of hydrogen-bond acceptors (Lipinski definition) is 6. The van der Waals surface area contributed by atoms with Crippen LogP contribution in [0.4, 0.5) is 23.1 Å². The zero-order chi connectivity index (χ0) is 24.2. The van der Waals surface area contributed by atoms with E-state index in [1.807, 2.05) is 24.1 Å². The third-order valence-electron chi connectivity index (χ3n) is 6.25. The highest BCUT2D eigenvalue weighted by Crippen LogP contribution is 2.34. The number of ether oxygens (including phenoxy) is 1. The first-order valence-corrected chi connectivity index (χ1v) is 11.8. The van der Waals surface area contributed by atoms with Crippen molar-refractivity contribution in [3.63, 3.8) is 0 Å². The van der Waals surface area contributed by atoms with Crippen molar-refractivity contribution in [2.24, 2.45) is 0 Å². The summed E-state index contributed by atoms with van der Waals surface area (Å²) in [5, 5.41) is 7.02. The SMILES string of the molecule is COCC(=O)N1CCC(c2cc(C)c(Nc3ncc(Cl)c(Nc4c[nH]c(C)c4)n3)cc2C)CC1. The summed E-state index contributed by atoms with van der Waals surface area (Å²) in [4.78, 5) is 26.0. The molecule has 0 saturated carbocycles. The Bertz CT molecular complexity index is 1170. The minimum Gasteiger partial charge on any atom is -0.375 e. The number of aryl methyl sites for hydroxylation is 3. The van der Waals surface area contributed by atoms with E-state index in [0.29, 0.717) is 22.7 Å². The molecule has 0 spiro atoms. The topological polar surface area (TPSA) is 95.2 Å². The molecule has 1 amide bonds. The zero-order valence-electron chi connectivity index (χ0n) is 20.0. The molecule has 0 aliphatic carbocycles. The van der Waals surface area contributed by atoms with Crippen molar-refractivity contribution in [1.82, 2.24) is 19.9 Å². The molecule has 9 heteroatoms. The van der Waals surface area contributed by atoms with Gasteiger partial charge in [0.1, 0.15) is 11.6 Å². The fraction of sp³-hybridized carbons (Fsp3) is 0.400. The first-order chi connectivity index (χ1) is 16.3. The number of anilines is 4. The Morgan fingerprint density at radius 1 is 1.18 bits per heavy atom. The van der Waals surface area contributed by atoms with Crippen LogP contribution in [-0.4, -0.2) is 52.6 Å². The summed E-state index contributed by atoms with van der Waals surface area (Å²) in [5.74, 6) is 1.52. The summed E-state index contributed by atoms with van der Waals surface area (Å²) >= 11 is 6.31. The van der Waals surface area contributed by atoms with Crippen LogP contribution in [0.3, 0.4) is 0 Å². The molecular weight excluding hydrogens is 452 g/mol. The van der Waals surface area contributed by atoms with Crippen LogP contribution >= 0.6 is 11.6 Å². The van der Waals surface area contributed by atoms with Crippen molar-refractivity contribution in [3.05, 3.63) is 58.0 Å². The molecule has 4 rings (SSSR count). The molecule has 3 heterocycles. The lowest BCUT2D eigenvalue weighted by Gasteiger charge is -2.33. The van der Waals surface area contributed by atoms with Gasteiger partial charge in [-0.15, -0.1) is 0 Å². The van der Waals surface area contributed by atoms with Gasteiger partial charge in [0.05, 0.1) is 11.9 Å². The Balaban J connectivity index is 1.46. The van der Waals surface area contributed by atoms with Gasteiger partial charge < -0.3 is 25.3 Å². The van der Waals surface area contributed by atoms with Crippen LogP contribution < -0.4 is 10.6 Å². The highest BCUT2D eigenvalue weighted by Gasteiger charge is 2.25. The highest BCUT2D eigenvalue weighted by molar-refractivity contribution is 6.32. The number of likely N-dealkylation sites (tertiary alicyclic amines) is 1. The van der Waals surface area contributed by atoms with Crippen molar-refractivity contribution >= 4 is 40.6 Å². The number of amides is 1. The van der Waals surface area contributed by atoms with Gasteiger partial charge in [-0.25, -0.2) is 4.98 Å². The predicted molar refractivity (Wildman–Crippen MR) is 135 cm³/mol. The van der Waals surface area contributed by atoms with Gasteiger partial charge in [0.25, 0.3) is 0 Å². The average molecular weight is 483 g/mol. The average Bonchev–Trinajstić information content (AvgIpc) is 3.23. The molecule has 2 aromatic heterocycles. The number of halogens is 1. The summed E-state index contributed by atoms with van der Waals surface area (Å²) in [5.41, 5.74) is 6.56. The van der Waals surface area contributed by atoms with Gasteiger partial charge in [0, 0.05) is 37.8 Å². The van der Waals surface area contributed by atoms with Crippen molar-refractivity contribution in [1.29, 1.82) is 0 Å². The molecule has 1 aliphatic rings. The van der Waals surface area contributed by atoms with Crippen LogP contribution in [-0.2, 0) is 9.53 Å². The predicted octanol–water partition coefficient (Wildman–Crippen LogP) is 5.22. The highest BCUT2D eigenvalue weighted by atomic mass is 35.5. The number of benzene rings is 1. The number of H-pyrrole nitrogens is 1.